The summed E-state index contributed by atoms with van der Waals surface area (Å²) in [5.41, 5.74) is 3.50. The van der Waals surface area contributed by atoms with Gasteiger partial charge in [0, 0.05) is 12.2 Å². The quantitative estimate of drug-likeness (QED) is 0.758. The van der Waals surface area contributed by atoms with E-state index in [1.807, 2.05) is 71.6 Å². The number of amides is 1. The fraction of sp³-hybridized carbons (Fsp3) is 0.0952. The van der Waals surface area contributed by atoms with Crippen LogP contribution in [-0.2, 0) is 6.54 Å². The predicted molar refractivity (Wildman–Crippen MR) is 97.2 cm³/mol. The number of hydrogen-bond acceptors (Lipinski definition) is 3. The van der Waals surface area contributed by atoms with Gasteiger partial charge in [-0.1, -0.05) is 54.6 Å². The number of carbonyl (C=O) groups excluding carboxylic acids is 1. The molecule has 124 valence electrons. The van der Waals surface area contributed by atoms with Gasteiger partial charge in [0.15, 0.2) is 0 Å². The van der Waals surface area contributed by atoms with E-state index in [-0.39, 0.29) is 17.8 Å². The molecule has 0 radical (unpaired) electrons. The Hall–Kier alpha value is -3.27. The van der Waals surface area contributed by atoms with Crippen molar-refractivity contribution in [3.63, 3.8) is 0 Å². The molecule has 1 heterocycles. The van der Waals surface area contributed by atoms with Gasteiger partial charge in [-0.3, -0.25) is 4.79 Å². The summed E-state index contributed by atoms with van der Waals surface area (Å²) >= 11 is 0. The fourth-order valence-electron chi connectivity index (χ4n) is 3.16. The van der Waals surface area contributed by atoms with Gasteiger partial charge in [-0.2, -0.15) is 0 Å². The highest BCUT2D eigenvalue weighted by Crippen LogP contribution is 2.34. The summed E-state index contributed by atoms with van der Waals surface area (Å²) in [6.07, 6.45) is -0.289. The van der Waals surface area contributed by atoms with Gasteiger partial charge in [-0.15, -0.1) is 0 Å². The van der Waals surface area contributed by atoms with Gasteiger partial charge in [0.05, 0.1) is 5.56 Å². The van der Waals surface area contributed by atoms with E-state index in [4.69, 9.17) is 0 Å². The zero-order valence-electron chi connectivity index (χ0n) is 13.6. The van der Waals surface area contributed by atoms with Crippen molar-refractivity contribution < 1.29 is 9.90 Å². The smallest absolute Gasteiger partial charge is 0.258 e. The third-order valence-corrected chi connectivity index (χ3v) is 4.43. The van der Waals surface area contributed by atoms with Gasteiger partial charge < -0.3 is 15.3 Å². The van der Waals surface area contributed by atoms with E-state index in [0.29, 0.717) is 12.1 Å². The molecule has 2 N–H and O–H groups in total. The first-order chi connectivity index (χ1) is 12.2. The van der Waals surface area contributed by atoms with Gasteiger partial charge in [0.1, 0.15) is 11.9 Å². The van der Waals surface area contributed by atoms with Crippen LogP contribution in [0.2, 0.25) is 0 Å². The number of benzene rings is 3. The Kier molecular flexibility index (Phi) is 3.86. The summed E-state index contributed by atoms with van der Waals surface area (Å²) in [4.78, 5) is 14.9. The third kappa shape index (κ3) is 2.94. The Morgan fingerprint density at radius 2 is 1.56 bits per heavy atom. The Bertz CT molecular complexity index is 891. The molecular formula is C21H18N2O2. The first kappa shape index (κ1) is 15.3. The van der Waals surface area contributed by atoms with E-state index in [0.717, 1.165) is 16.8 Å². The number of fused-ring (bicyclic) bond motifs is 1. The van der Waals surface area contributed by atoms with Gasteiger partial charge >= 0.3 is 0 Å². The van der Waals surface area contributed by atoms with E-state index in [1.54, 1.807) is 12.1 Å². The summed E-state index contributed by atoms with van der Waals surface area (Å²) in [5, 5.41) is 13.0. The van der Waals surface area contributed by atoms with E-state index < -0.39 is 0 Å². The number of aromatic hydroxyl groups is 1. The molecule has 4 nitrogen and oxygen atoms in total. The minimum atomic E-state index is -0.289. The summed E-state index contributed by atoms with van der Waals surface area (Å²) in [7, 11) is 0. The van der Waals surface area contributed by atoms with Crippen molar-refractivity contribution >= 4 is 11.6 Å². The zero-order chi connectivity index (χ0) is 17.2. The second kappa shape index (κ2) is 6.32. The zero-order valence-corrected chi connectivity index (χ0v) is 13.6. The fourth-order valence-corrected chi connectivity index (χ4v) is 3.16. The van der Waals surface area contributed by atoms with Crippen LogP contribution in [0.15, 0.2) is 78.9 Å². The van der Waals surface area contributed by atoms with Crippen molar-refractivity contribution in [2.45, 2.75) is 12.7 Å². The molecule has 3 aromatic rings. The van der Waals surface area contributed by atoms with Crippen LogP contribution >= 0.6 is 0 Å². The second-order valence-electron chi connectivity index (χ2n) is 6.10. The molecule has 0 aromatic heterocycles. The summed E-state index contributed by atoms with van der Waals surface area (Å²) in [6, 6.07) is 24.5. The van der Waals surface area contributed by atoms with Crippen molar-refractivity contribution in [1.82, 2.24) is 4.90 Å². The SMILES string of the molecule is O=C1c2ccccc2N[C@H](c2ccc(O)cc2)N1Cc1ccccc1. The van der Waals surface area contributed by atoms with Gasteiger partial charge in [0.2, 0.25) is 0 Å². The average molecular weight is 330 g/mol. The van der Waals surface area contributed by atoms with E-state index in [9.17, 15) is 9.90 Å². The van der Waals surface area contributed by atoms with Crippen molar-refractivity contribution in [1.29, 1.82) is 0 Å². The van der Waals surface area contributed by atoms with E-state index in [1.165, 1.54) is 0 Å². The van der Waals surface area contributed by atoms with Crippen LogP contribution in [-0.4, -0.2) is 15.9 Å². The molecule has 0 bridgehead atoms. The molecule has 0 saturated heterocycles. The Morgan fingerprint density at radius 1 is 0.880 bits per heavy atom. The highest BCUT2D eigenvalue weighted by atomic mass is 16.3. The van der Waals surface area contributed by atoms with E-state index in [2.05, 4.69) is 5.32 Å². The maximum absolute atomic E-state index is 13.1. The molecule has 4 heteroatoms. The number of phenols is 1. The molecule has 1 aliphatic rings. The van der Waals surface area contributed by atoms with Crippen LogP contribution < -0.4 is 5.32 Å². The summed E-state index contributed by atoms with van der Waals surface area (Å²) < 4.78 is 0. The summed E-state index contributed by atoms with van der Waals surface area (Å²) in [5.74, 6) is 0.206. The molecular weight excluding hydrogens is 312 g/mol. The van der Waals surface area contributed by atoms with E-state index >= 15 is 0 Å². The highest BCUT2D eigenvalue weighted by Gasteiger charge is 2.32. The lowest BCUT2D eigenvalue weighted by Crippen LogP contribution is -2.42. The van der Waals surface area contributed by atoms with Gasteiger partial charge in [-0.25, -0.2) is 0 Å². The number of para-hydroxylation sites is 1. The van der Waals surface area contributed by atoms with Crippen LogP contribution in [0.1, 0.15) is 27.7 Å². The molecule has 25 heavy (non-hydrogen) atoms. The van der Waals surface area contributed by atoms with Gasteiger partial charge in [0.25, 0.3) is 5.91 Å². The number of rotatable bonds is 3. The second-order valence-corrected chi connectivity index (χ2v) is 6.10. The van der Waals surface area contributed by atoms with Crippen LogP contribution in [0.3, 0.4) is 0 Å². The Morgan fingerprint density at radius 3 is 2.32 bits per heavy atom. The predicted octanol–water partition coefficient (Wildman–Crippen LogP) is 4.16. The van der Waals surface area contributed by atoms with Crippen LogP contribution in [0.25, 0.3) is 0 Å². The normalized spacial score (nSPS) is 16.2. The number of anilines is 1. The first-order valence-electron chi connectivity index (χ1n) is 8.22. The molecule has 1 atom stereocenters. The highest BCUT2D eigenvalue weighted by molar-refractivity contribution is 6.01. The summed E-state index contributed by atoms with van der Waals surface area (Å²) in [6.45, 7) is 0.506. The molecule has 1 amide bonds. The number of nitrogens with one attached hydrogen (secondary N) is 1. The number of carbonyl (C=O) groups is 1. The third-order valence-electron chi connectivity index (χ3n) is 4.43. The topological polar surface area (TPSA) is 52.6 Å². The monoisotopic (exact) mass is 330 g/mol. The molecule has 0 unspecified atom stereocenters. The largest absolute Gasteiger partial charge is 0.508 e. The standard InChI is InChI=1S/C21H18N2O2/c24-17-12-10-16(11-13-17)20-22-19-9-5-4-8-18(19)21(25)23(20)14-15-6-2-1-3-7-15/h1-13,20,22,24H,14H2/t20-/m0/s1. The van der Waals surface area contributed by atoms with Crippen LogP contribution in [0, 0.1) is 0 Å². The minimum Gasteiger partial charge on any atom is -0.508 e. The Labute approximate surface area is 146 Å². The molecule has 1 aliphatic heterocycles. The lowest BCUT2D eigenvalue weighted by atomic mass is 10.0. The number of hydrogen-bond donors (Lipinski definition) is 2. The molecule has 0 aliphatic carbocycles. The molecule has 0 spiro atoms. The van der Waals surface area contributed by atoms with Crippen molar-refractivity contribution in [3.8, 4) is 5.75 Å². The van der Waals surface area contributed by atoms with Gasteiger partial charge in [-0.05, 0) is 35.4 Å². The number of nitrogens with zero attached hydrogens (tertiary/aromatic N) is 1. The van der Waals surface area contributed by atoms with Crippen LogP contribution in [0.4, 0.5) is 5.69 Å². The Balaban J connectivity index is 1.75. The first-order valence-corrected chi connectivity index (χ1v) is 8.22. The molecule has 0 fully saturated rings. The lowest BCUT2D eigenvalue weighted by molar-refractivity contribution is 0.0666. The van der Waals surface area contributed by atoms with Crippen molar-refractivity contribution in [2.24, 2.45) is 0 Å². The van der Waals surface area contributed by atoms with Crippen molar-refractivity contribution in [2.75, 3.05) is 5.32 Å². The maximum Gasteiger partial charge on any atom is 0.258 e. The molecule has 3 aromatic carbocycles. The van der Waals surface area contributed by atoms with Crippen LogP contribution in [0.5, 0.6) is 5.75 Å². The lowest BCUT2D eigenvalue weighted by Gasteiger charge is -2.38. The minimum absolute atomic E-state index is 0.00345. The maximum atomic E-state index is 13.1. The van der Waals surface area contributed by atoms with Crippen molar-refractivity contribution in [3.05, 3.63) is 95.6 Å². The average Bonchev–Trinajstić information content (AvgIpc) is 2.65. The molecule has 4 rings (SSSR count). The molecule has 0 saturated carbocycles. The number of phenolic OH excluding ortho intramolecular Hbond substituents is 1.